The molecule has 1 saturated heterocycles. The van der Waals surface area contributed by atoms with E-state index < -0.39 is 0 Å². The van der Waals surface area contributed by atoms with E-state index >= 15 is 0 Å². The Labute approximate surface area is 143 Å². The predicted molar refractivity (Wildman–Crippen MR) is 94.2 cm³/mol. The van der Waals surface area contributed by atoms with Crippen LogP contribution in [0.4, 0.5) is 5.69 Å². The molecule has 5 nitrogen and oxygen atoms in total. The van der Waals surface area contributed by atoms with Crippen LogP contribution < -0.4 is 10.1 Å². The minimum absolute atomic E-state index is 0.0442. The molecule has 0 radical (unpaired) electrons. The fraction of sp³-hybridized carbons (Fsp3) is 0.526. The second kappa shape index (κ2) is 7.71. The number of amides is 1. The molecule has 1 aromatic carbocycles. The van der Waals surface area contributed by atoms with Crippen LogP contribution in [0.25, 0.3) is 0 Å². The van der Waals surface area contributed by atoms with E-state index in [4.69, 9.17) is 9.47 Å². The van der Waals surface area contributed by atoms with Gasteiger partial charge in [-0.3, -0.25) is 9.69 Å². The molecule has 0 aliphatic carbocycles. The van der Waals surface area contributed by atoms with Crippen molar-refractivity contribution in [3.05, 3.63) is 36.1 Å². The molecule has 2 aliphatic rings. The van der Waals surface area contributed by atoms with Gasteiger partial charge in [0.25, 0.3) is 0 Å². The highest BCUT2D eigenvalue weighted by Crippen LogP contribution is 2.27. The van der Waals surface area contributed by atoms with E-state index in [-0.39, 0.29) is 18.1 Å². The number of aryl methyl sites for hydroxylation is 1. The number of benzene rings is 1. The molecule has 2 aliphatic heterocycles. The van der Waals surface area contributed by atoms with Crippen molar-refractivity contribution in [2.24, 2.45) is 0 Å². The molecule has 1 fully saturated rings. The first-order chi connectivity index (χ1) is 11.7. The molecule has 0 aromatic heterocycles. The van der Waals surface area contributed by atoms with Crippen LogP contribution in [-0.4, -0.2) is 43.2 Å². The standard InChI is InChI=1S/C19H26N2O3/c1-14-8-9-18(23-2)16(12-14)20-19(22)17-7-5-10-21(17)13-15-6-3-4-11-24-15/h4,8-9,11-12,15,17H,3,5-7,10,13H2,1-2H3,(H,20,22). The number of rotatable bonds is 5. The van der Waals surface area contributed by atoms with Crippen LogP contribution in [0.1, 0.15) is 31.2 Å². The SMILES string of the molecule is COc1ccc(C)cc1NC(=O)C1CCCN1CC1CCC=CO1. The van der Waals surface area contributed by atoms with Crippen LogP contribution in [0, 0.1) is 6.92 Å². The second-order valence-electron chi connectivity index (χ2n) is 6.55. The summed E-state index contributed by atoms with van der Waals surface area (Å²) in [6, 6.07) is 5.72. The maximum Gasteiger partial charge on any atom is 0.241 e. The summed E-state index contributed by atoms with van der Waals surface area (Å²) in [5.74, 6) is 0.738. The third kappa shape index (κ3) is 3.90. The smallest absolute Gasteiger partial charge is 0.241 e. The Hall–Kier alpha value is -2.01. The lowest BCUT2D eigenvalue weighted by atomic mass is 10.1. The Balaban J connectivity index is 1.65. The second-order valence-corrected chi connectivity index (χ2v) is 6.55. The summed E-state index contributed by atoms with van der Waals surface area (Å²) < 4.78 is 11.0. The third-order valence-electron chi connectivity index (χ3n) is 4.74. The minimum Gasteiger partial charge on any atom is -0.497 e. The molecule has 0 bridgehead atoms. The van der Waals surface area contributed by atoms with Crippen LogP contribution in [0.5, 0.6) is 5.75 Å². The van der Waals surface area contributed by atoms with Crippen molar-refractivity contribution in [1.82, 2.24) is 4.90 Å². The maximum absolute atomic E-state index is 12.8. The van der Waals surface area contributed by atoms with Crippen molar-refractivity contribution in [1.29, 1.82) is 0 Å². The average molecular weight is 330 g/mol. The Morgan fingerprint density at radius 1 is 1.42 bits per heavy atom. The molecule has 1 amide bonds. The Morgan fingerprint density at radius 3 is 3.04 bits per heavy atom. The number of carbonyl (C=O) groups excluding carboxylic acids is 1. The van der Waals surface area contributed by atoms with Crippen molar-refractivity contribution in [3.8, 4) is 5.75 Å². The van der Waals surface area contributed by atoms with Crippen molar-refractivity contribution < 1.29 is 14.3 Å². The van der Waals surface area contributed by atoms with Crippen LogP contribution in [-0.2, 0) is 9.53 Å². The molecule has 5 heteroatoms. The van der Waals surface area contributed by atoms with E-state index in [9.17, 15) is 4.79 Å². The van der Waals surface area contributed by atoms with Gasteiger partial charge in [-0.2, -0.15) is 0 Å². The number of anilines is 1. The zero-order valence-corrected chi connectivity index (χ0v) is 14.5. The van der Waals surface area contributed by atoms with Crippen LogP contribution in [0.3, 0.4) is 0 Å². The summed E-state index contributed by atoms with van der Waals surface area (Å²) in [4.78, 5) is 15.0. The summed E-state index contributed by atoms with van der Waals surface area (Å²) >= 11 is 0. The topological polar surface area (TPSA) is 50.8 Å². The maximum atomic E-state index is 12.8. The fourth-order valence-electron chi connectivity index (χ4n) is 3.46. The summed E-state index contributed by atoms with van der Waals surface area (Å²) in [6.07, 6.45) is 8.04. The van der Waals surface area contributed by atoms with Crippen LogP contribution >= 0.6 is 0 Å². The monoisotopic (exact) mass is 330 g/mol. The normalized spacial score (nSPS) is 23.8. The van der Waals surface area contributed by atoms with Gasteiger partial charge in [0.1, 0.15) is 11.9 Å². The van der Waals surface area contributed by atoms with Crippen molar-refractivity contribution in [3.63, 3.8) is 0 Å². The summed E-state index contributed by atoms with van der Waals surface area (Å²) in [5, 5.41) is 3.05. The lowest BCUT2D eigenvalue weighted by molar-refractivity contribution is -0.120. The average Bonchev–Trinajstić information content (AvgIpc) is 3.04. The molecule has 130 valence electrons. The molecule has 1 aromatic rings. The van der Waals surface area contributed by atoms with E-state index in [1.807, 2.05) is 25.1 Å². The molecular formula is C19H26N2O3. The van der Waals surface area contributed by atoms with Gasteiger partial charge in [0.2, 0.25) is 5.91 Å². The van der Waals surface area contributed by atoms with Crippen LogP contribution in [0.2, 0.25) is 0 Å². The number of nitrogens with one attached hydrogen (secondary N) is 1. The van der Waals surface area contributed by atoms with Gasteiger partial charge in [-0.1, -0.05) is 6.07 Å². The van der Waals surface area contributed by atoms with E-state index in [0.29, 0.717) is 5.75 Å². The zero-order chi connectivity index (χ0) is 16.9. The van der Waals surface area contributed by atoms with E-state index in [1.165, 1.54) is 0 Å². The summed E-state index contributed by atoms with van der Waals surface area (Å²) in [5.41, 5.74) is 1.84. The number of nitrogens with zero attached hydrogens (tertiary/aromatic N) is 1. The molecule has 0 saturated carbocycles. The Bertz CT molecular complexity index is 615. The molecular weight excluding hydrogens is 304 g/mol. The van der Waals surface area contributed by atoms with Gasteiger partial charge < -0.3 is 14.8 Å². The summed E-state index contributed by atoms with van der Waals surface area (Å²) in [6.45, 7) is 3.77. The zero-order valence-electron chi connectivity index (χ0n) is 14.5. The lowest BCUT2D eigenvalue weighted by Gasteiger charge is -2.29. The Kier molecular flexibility index (Phi) is 5.41. The first kappa shape index (κ1) is 16.8. The molecule has 0 spiro atoms. The van der Waals surface area contributed by atoms with E-state index in [2.05, 4.69) is 16.3 Å². The highest BCUT2D eigenvalue weighted by molar-refractivity contribution is 5.96. The van der Waals surface area contributed by atoms with Crippen molar-refractivity contribution in [2.75, 3.05) is 25.5 Å². The number of ether oxygens (including phenoxy) is 2. The van der Waals surface area contributed by atoms with Gasteiger partial charge in [-0.25, -0.2) is 0 Å². The van der Waals surface area contributed by atoms with Gasteiger partial charge in [0.05, 0.1) is 25.1 Å². The predicted octanol–water partition coefficient (Wildman–Crippen LogP) is 3.10. The lowest BCUT2D eigenvalue weighted by Crippen LogP contribution is -2.43. The van der Waals surface area contributed by atoms with Crippen molar-refractivity contribution in [2.45, 2.75) is 44.8 Å². The highest BCUT2D eigenvalue weighted by Gasteiger charge is 2.33. The fourth-order valence-corrected chi connectivity index (χ4v) is 3.46. The van der Waals surface area contributed by atoms with E-state index in [0.717, 1.165) is 50.0 Å². The molecule has 2 atom stereocenters. The highest BCUT2D eigenvalue weighted by atomic mass is 16.5. The largest absolute Gasteiger partial charge is 0.497 e. The summed E-state index contributed by atoms with van der Waals surface area (Å²) in [7, 11) is 1.62. The number of carbonyl (C=O) groups is 1. The van der Waals surface area contributed by atoms with Gasteiger partial charge in [0.15, 0.2) is 0 Å². The molecule has 1 N–H and O–H groups in total. The number of allylic oxidation sites excluding steroid dienone is 1. The molecule has 3 rings (SSSR count). The van der Waals surface area contributed by atoms with Gasteiger partial charge in [0, 0.05) is 6.54 Å². The van der Waals surface area contributed by atoms with Gasteiger partial charge in [-0.15, -0.1) is 0 Å². The van der Waals surface area contributed by atoms with Crippen molar-refractivity contribution >= 4 is 11.6 Å². The van der Waals surface area contributed by atoms with Crippen LogP contribution in [0.15, 0.2) is 30.5 Å². The number of hydrogen-bond acceptors (Lipinski definition) is 4. The quantitative estimate of drug-likeness (QED) is 0.901. The number of likely N-dealkylation sites (tertiary alicyclic amines) is 1. The first-order valence-electron chi connectivity index (χ1n) is 8.67. The first-order valence-corrected chi connectivity index (χ1v) is 8.67. The van der Waals surface area contributed by atoms with Gasteiger partial charge in [-0.05, 0) is 62.9 Å². The van der Waals surface area contributed by atoms with Gasteiger partial charge >= 0.3 is 0 Å². The molecule has 2 unspecified atom stereocenters. The third-order valence-corrected chi connectivity index (χ3v) is 4.74. The molecule has 24 heavy (non-hydrogen) atoms. The Morgan fingerprint density at radius 2 is 2.29 bits per heavy atom. The van der Waals surface area contributed by atoms with E-state index in [1.54, 1.807) is 13.4 Å². The number of methoxy groups -OCH3 is 1. The molecule has 2 heterocycles. The number of hydrogen-bond donors (Lipinski definition) is 1. The minimum atomic E-state index is -0.0928.